The molecule has 0 bridgehead atoms. The van der Waals surface area contributed by atoms with Crippen molar-refractivity contribution < 1.29 is 5.11 Å². The Morgan fingerprint density at radius 3 is 3.13 bits per heavy atom. The fraction of sp³-hybridized carbons (Fsp3) is 0.583. The lowest BCUT2D eigenvalue weighted by Gasteiger charge is -2.17. The number of aryl methyl sites for hydroxylation is 1. The summed E-state index contributed by atoms with van der Waals surface area (Å²) in [6, 6.07) is 6.14. The van der Waals surface area contributed by atoms with Crippen LogP contribution in [0, 0.1) is 12.8 Å². The van der Waals surface area contributed by atoms with Gasteiger partial charge in [0, 0.05) is 25.4 Å². The van der Waals surface area contributed by atoms with Crippen LogP contribution in [0.15, 0.2) is 18.2 Å². The maximum atomic E-state index is 8.89. The van der Waals surface area contributed by atoms with Gasteiger partial charge in [-0.25, -0.2) is 4.98 Å². The highest BCUT2D eigenvalue weighted by Crippen LogP contribution is 2.23. The molecule has 2 rings (SSSR count). The third-order valence-electron chi connectivity index (χ3n) is 3.02. The summed E-state index contributed by atoms with van der Waals surface area (Å²) in [6.45, 7) is 4.43. The highest BCUT2D eigenvalue weighted by atomic mass is 16.3. The molecule has 0 aliphatic carbocycles. The van der Waals surface area contributed by atoms with Gasteiger partial charge in [-0.1, -0.05) is 6.07 Å². The summed E-state index contributed by atoms with van der Waals surface area (Å²) >= 11 is 0. The summed E-state index contributed by atoms with van der Waals surface area (Å²) in [7, 11) is 0. The Bertz CT molecular complexity index is 327. The molecule has 1 aliphatic rings. The molecule has 3 heteroatoms. The monoisotopic (exact) mass is 206 g/mol. The standard InChI is InChI=1S/C12H18N2O/c1-10-3-2-4-12(13-10)14-7-5-11(9-14)6-8-15/h2-4,11,15H,5-9H2,1H3. The summed E-state index contributed by atoms with van der Waals surface area (Å²) in [5, 5.41) is 8.89. The average Bonchev–Trinajstić information content (AvgIpc) is 2.67. The maximum Gasteiger partial charge on any atom is 0.128 e. The smallest absolute Gasteiger partial charge is 0.128 e. The molecule has 1 unspecified atom stereocenters. The van der Waals surface area contributed by atoms with Gasteiger partial charge < -0.3 is 10.0 Å². The molecule has 0 saturated carbocycles. The van der Waals surface area contributed by atoms with Crippen molar-refractivity contribution in [2.75, 3.05) is 24.6 Å². The maximum absolute atomic E-state index is 8.89. The summed E-state index contributed by atoms with van der Waals surface area (Å²) < 4.78 is 0. The number of nitrogens with zero attached hydrogens (tertiary/aromatic N) is 2. The molecule has 0 aromatic carbocycles. The second-order valence-electron chi connectivity index (χ2n) is 4.25. The van der Waals surface area contributed by atoms with Crippen molar-refractivity contribution in [2.24, 2.45) is 5.92 Å². The Labute approximate surface area is 90.8 Å². The van der Waals surface area contributed by atoms with Gasteiger partial charge in [0.1, 0.15) is 5.82 Å². The summed E-state index contributed by atoms with van der Waals surface area (Å²) in [4.78, 5) is 6.83. The first-order valence-corrected chi connectivity index (χ1v) is 5.59. The van der Waals surface area contributed by atoms with Crippen LogP contribution in [0.2, 0.25) is 0 Å². The minimum atomic E-state index is 0.305. The normalized spacial score (nSPS) is 20.9. The Balaban J connectivity index is 2.01. The van der Waals surface area contributed by atoms with E-state index in [1.54, 1.807) is 0 Å². The molecule has 15 heavy (non-hydrogen) atoms. The van der Waals surface area contributed by atoms with Crippen LogP contribution >= 0.6 is 0 Å². The Morgan fingerprint density at radius 2 is 2.40 bits per heavy atom. The van der Waals surface area contributed by atoms with Crippen molar-refractivity contribution in [2.45, 2.75) is 19.8 Å². The van der Waals surface area contributed by atoms with Gasteiger partial charge in [0.25, 0.3) is 0 Å². The van der Waals surface area contributed by atoms with Crippen LogP contribution in [0.4, 0.5) is 5.82 Å². The van der Waals surface area contributed by atoms with Gasteiger partial charge in [0.15, 0.2) is 0 Å². The van der Waals surface area contributed by atoms with Crippen LogP contribution in [0.25, 0.3) is 0 Å². The molecule has 1 saturated heterocycles. The molecule has 1 atom stereocenters. The third kappa shape index (κ3) is 2.48. The first-order chi connectivity index (χ1) is 7.29. The molecule has 1 aliphatic heterocycles. The van der Waals surface area contributed by atoms with E-state index in [4.69, 9.17) is 5.11 Å². The molecule has 0 spiro atoms. The van der Waals surface area contributed by atoms with E-state index >= 15 is 0 Å². The van der Waals surface area contributed by atoms with E-state index in [1.807, 2.05) is 13.0 Å². The molecule has 0 radical (unpaired) electrons. The minimum Gasteiger partial charge on any atom is -0.396 e. The van der Waals surface area contributed by atoms with Crippen molar-refractivity contribution >= 4 is 5.82 Å². The predicted molar refractivity (Wildman–Crippen MR) is 61.0 cm³/mol. The number of aromatic nitrogens is 1. The first kappa shape index (κ1) is 10.4. The quantitative estimate of drug-likeness (QED) is 0.816. The zero-order valence-corrected chi connectivity index (χ0v) is 9.19. The average molecular weight is 206 g/mol. The van der Waals surface area contributed by atoms with Crippen molar-refractivity contribution in [1.82, 2.24) is 4.98 Å². The van der Waals surface area contributed by atoms with E-state index < -0.39 is 0 Å². The molecular formula is C12H18N2O. The van der Waals surface area contributed by atoms with E-state index in [9.17, 15) is 0 Å². The third-order valence-corrected chi connectivity index (χ3v) is 3.02. The van der Waals surface area contributed by atoms with Crippen molar-refractivity contribution in [1.29, 1.82) is 0 Å². The van der Waals surface area contributed by atoms with Crippen LogP contribution in [-0.4, -0.2) is 29.8 Å². The van der Waals surface area contributed by atoms with Crippen LogP contribution in [0.3, 0.4) is 0 Å². The van der Waals surface area contributed by atoms with E-state index in [2.05, 4.69) is 22.0 Å². The van der Waals surface area contributed by atoms with Crippen LogP contribution in [0.5, 0.6) is 0 Å². The number of hydrogen-bond donors (Lipinski definition) is 1. The second kappa shape index (κ2) is 4.62. The molecule has 2 heterocycles. The molecule has 1 N–H and O–H groups in total. The molecule has 0 amide bonds. The van der Waals surface area contributed by atoms with Gasteiger partial charge in [-0.15, -0.1) is 0 Å². The number of hydrogen-bond acceptors (Lipinski definition) is 3. The minimum absolute atomic E-state index is 0.305. The highest BCUT2D eigenvalue weighted by molar-refractivity contribution is 5.40. The van der Waals surface area contributed by atoms with Crippen LogP contribution < -0.4 is 4.90 Å². The van der Waals surface area contributed by atoms with Crippen molar-refractivity contribution in [3.63, 3.8) is 0 Å². The van der Waals surface area contributed by atoms with Gasteiger partial charge in [0.05, 0.1) is 0 Å². The fourth-order valence-electron chi connectivity index (χ4n) is 2.16. The lowest BCUT2D eigenvalue weighted by Crippen LogP contribution is -2.21. The number of rotatable bonds is 3. The van der Waals surface area contributed by atoms with Gasteiger partial charge in [-0.3, -0.25) is 0 Å². The fourth-order valence-corrected chi connectivity index (χ4v) is 2.16. The summed E-state index contributed by atoms with van der Waals surface area (Å²) in [5.74, 6) is 1.72. The first-order valence-electron chi connectivity index (χ1n) is 5.59. The van der Waals surface area contributed by atoms with E-state index in [-0.39, 0.29) is 0 Å². The Kier molecular flexibility index (Phi) is 3.21. The molecule has 3 nitrogen and oxygen atoms in total. The van der Waals surface area contributed by atoms with E-state index in [0.29, 0.717) is 12.5 Å². The van der Waals surface area contributed by atoms with E-state index in [1.165, 1.54) is 6.42 Å². The number of anilines is 1. The molecule has 82 valence electrons. The zero-order chi connectivity index (χ0) is 10.7. The van der Waals surface area contributed by atoms with Gasteiger partial charge in [-0.05, 0) is 37.8 Å². The highest BCUT2D eigenvalue weighted by Gasteiger charge is 2.22. The number of aliphatic hydroxyl groups is 1. The van der Waals surface area contributed by atoms with Gasteiger partial charge >= 0.3 is 0 Å². The Hall–Kier alpha value is -1.09. The Morgan fingerprint density at radius 1 is 1.53 bits per heavy atom. The second-order valence-corrected chi connectivity index (χ2v) is 4.25. The summed E-state index contributed by atoms with van der Waals surface area (Å²) in [6.07, 6.45) is 2.10. The van der Waals surface area contributed by atoms with Crippen molar-refractivity contribution in [3.05, 3.63) is 23.9 Å². The lowest BCUT2D eigenvalue weighted by molar-refractivity contribution is 0.263. The largest absolute Gasteiger partial charge is 0.396 e. The predicted octanol–water partition coefficient (Wildman–Crippen LogP) is 1.60. The molecule has 1 aromatic rings. The van der Waals surface area contributed by atoms with Crippen molar-refractivity contribution in [3.8, 4) is 0 Å². The van der Waals surface area contributed by atoms with Gasteiger partial charge in [-0.2, -0.15) is 0 Å². The summed E-state index contributed by atoms with van der Waals surface area (Å²) in [5.41, 5.74) is 1.07. The SMILES string of the molecule is Cc1cccc(N2CCC(CCO)C2)n1. The number of aliphatic hydroxyl groups excluding tert-OH is 1. The molecular weight excluding hydrogens is 188 g/mol. The van der Waals surface area contributed by atoms with Crippen LogP contribution in [0.1, 0.15) is 18.5 Å². The molecule has 1 aromatic heterocycles. The topological polar surface area (TPSA) is 36.4 Å². The lowest BCUT2D eigenvalue weighted by atomic mass is 10.1. The van der Waals surface area contributed by atoms with Crippen LogP contribution in [-0.2, 0) is 0 Å². The number of pyridine rings is 1. The van der Waals surface area contributed by atoms with Gasteiger partial charge in [0.2, 0.25) is 0 Å². The molecule has 1 fully saturated rings. The zero-order valence-electron chi connectivity index (χ0n) is 9.19. The van der Waals surface area contributed by atoms with E-state index in [0.717, 1.165) is 31.0 Å².